The van der Waals surface area contributed by atoms with Crippen molar-refractivity contribution in [2.24, 2.45) is 5.92 Å². The maximum Gasteiger partial charge on any atom is 0.0825 e. The molecule has 0 aromatic heterocycles. The van der Waals surface area contributed by atoms with E-state index in [0.717, 1.165) is 18.9 Å². The highest BCUT2D eigenvalue weighted by molar-refractivity contribution is 6.20. The molecule has 0 bridgehead atoms. The van der Waals surface area contributed by atoms with Crippen LogP contribution in [0.2, 0.25) is 0 Å². The second-order valence-electron chi connectivity index (χ2n) is 4.52. The fourth-order valence-corrected chi connectivity index (χ4v) is 2.41. The highest BCUT2D eigenvalue weighted by Crippen LogP contribution is 2.23. The zero-order chi connectivity index (χ0) is 10.2. The van der Waals surface area contributed by atoms with E-state index in [1.807, 2.05) is 0 Å². The number of hydrogen-bond acceptors (Lipinski definition) is 1. The van der Waals surface area contributed by atoms with Crippen LogP contribution >= 0.6 is 11.6 Å². The van der Waals surface area contributed by atoms with E-state index < -0.39 is 0 Å². The number of halogens is 1. The van der Waals surface area contributed by atoms with Crippen molar-refractivity contribution in [1.82, 2.24) is 5.32 Å². The first kappa shape index (κ1) is 12.3. The summed E-state index contributed by atoms with van der Waals surface area (Å²) < 4.78 is 0. The summed E-state index contributed by atoms with van der Waals surface area (Å²) in [6.45, 7) is 3.35. The average molecular weight is 218 g/mol. The van der Waals surface area contributed by atoms with Gasteiger partial charge in [0.25, 0.3) is 0 Å². The summed E-state index contributed by atoms with van der Waals surface area (Å²) in [5.41, 5.74) is 0.205. The monoisotopic (exact) mass is 217 g/mol. The van der Waals surface area contributed by atoms with Crippen molar-refractivity contribution < 1.29 is 0 Å². The summed E-state index contributed by atoms with van der Waals surface area (Å²) in [7, 11) is 0. The van der Waals surface area contributed by atoms with E-state index >= 15 is 0 Å². The van der Waals surface area contributed by atoms with Crippen molar-refractivity contribution in [3.63, 3.8) is 0 Å². The summed E-state index contributed by atoms with van der Waals surface area (Å²) in [5, 5.41) is 3.45. The Bertz CT molecular complexity index is 132. The van der Waals surface area contributed by atoms with Crippen molar-refractivity contribution in [1.29, 1.82) is 0 Å². The molecule has 1 saturated carbocycles. The summed E-state index contributed by atoms with van der Waals surface area (Å²) in [4.78, 5) is 0. The summed E-state index contributed by atoms with van der Waals surface area (Å²) in [5.74, 6) is 0.895. The zero-order valence-corrected chi connectivity index (χ0v) is 10.2. The molecule has 2 heteroatoms. The quantitative estimate of drug-likeness (QED) is 0.526. The van der Waals surface area contributed by atoms with Crippen LogP contribution in [0.15, 0.2) is 0 Å². The van der Waals surface area contributed by atoms with Crippen LogP contribution in [-0.2, 0) is 0 Å². The number of rotatable bonds is 6. The minimum Gasteiger partial charge on any atom is -0.301 e. The molecular formula is C12H24ClN. The first-order valence-electron chi connectivity index (χ1n) is 6.20. The van der Waals surface area contributed by atoms with Crippen LogP contribution < -0.4 is 5.32 Å². The molecule has 0 saturated heterocycles. The van der Waals surface area contributed by atoms with Crippen molar-refractivity contribution >= 4 is 11.6 Å². The van der Waals surface area contributed by atoms with Crippen molar-refractivity contribution in [3.8, 4) is 0 Å². The molecule has 1 aliphatic carbocycles. The van der Waals surface area contributed by atoms with E-state index in [1.165, 1.54) is 44.9 Å². The topological polar surface area (TPSA) is 12.0 Å². The third-order valence-electron chi connectivity index (χ3n) is 3.16. The van der Waals surface area contributed by atoms with E-state index in [1.54, 1.807) is 0 Å². The zero-order valence-electron chi connectivity index (χ0n) is 9.40. The highest BCUT2D eigenvalue weighted by atomic mass is 35.5. The van der Waals surface area contributed by atoms with Crippen LogP contribution in [0.1, 0.15) is 58.3 Å². The molecule has 14 heavy (non-hydrogen) atoms. The number of hydrogen-bond donors (Lipinski definition) is 1. The minimum atomic E-state index is 0.205. The fraction of sp³-hybridized carbons (Fsp3) is 1.00. The molecular weight excluding hydrogens is 194 g/mol. The lowest BCUT2D eigenvalue weighted by molar-refractivity contribution is 0.337. The fourth-order valence-electron chi connectivity index (χ4n) is 2.17. The Morgan fingerprint density at radius 3 is 2.64 bits per heavy atom. The van der Waals surface area contributed by atoms with Gasteiger partial charge in [-0.05, 0) is 31.7 Å². The molecule has 1 aliphatic rings. The van der Waals surface area contributed by atoms with Crippen LogP contribution in [0.3, 0.4) is 0 Å². The molecule has 1 nitrogen and oxygen atoms in total. The third kappa shape index (κ3) is 5.21. The first-order valence-corrected chi connectivity index (χ1v) is 6.64. The maximum atomic E-state index is 6.17. The molecule has 1 rings (SSSR count). The van der Waals surface area contributed by atoms with Gasteiger partial charge in [-0.15, -0.1) is 11.6 Å². The smallest absolute Gasteiger partial charge is 0.0825 e. The minimum absolute atomic E-state index is 0.205. The molecule has 0 heterocycles. The van der Waals surface area contributed by atoms with Gasteiger partial charge in [-0.3, -0.25) is 0 Å². The van der Waals surface area contributed by atoms with Gasteiger partial charge in [0.2, 0.25) is 0 Å². The molecule has 0 amide bonds. The van der Waals surface area contributed by atoms with Crippen molar-refractivity contribution in [3.05, 3.63) is 0 Å². The number of nitrogens with one attached hydrogen (secondary N) is 1. The van der Waals surface area contributed by atoms with Crippen LogP contribution in [0.5, 0.6) is 0 Å². The lowest BCUT2D eigenvalue weighted by atomic mass is 9.89. The number of unbranched alkanes of at least 4 members (excludes halogenated alkanes) is 1. The second kappa shape index (κ2) is 7.53. The molecule has 1 atom stereocenters. The Morgan fingerprint density at radius 2 is 2.00 bits per heavy atom. The third-order valence-corrected chi connectivity index (χ3v) is 3.54. The lowest BCUT2D eigenvalue weighted by Gasteiger charge is -2.23. The van der Waals surface area contributed by atoms with Crippen LogP contribution in [0.25, 0.3) is 0 Å². The Hall–Kier alpha value is 0.250. The van der Waals surface area contributed by atoms with Crippen molar-refractivity contribution in [2.45, 2.75) is 63.8 Å². The summed E-state index contributed by atoms with van der Waals surface area (Å²) >= 11 is 6.17. The van der Waals surface area contributed by atoms with Gasteiger partial charge in [-0.2, -0.15) is 0 Å². The normalized spacial score (nSPS) is 21.0. The van der Waals surface area contributed by atoms with Crippen LogP contribution in [-0.4, -0.2) is 12.0 Å². The van der Waals surface area contributed by atoms with E-state index in [0.29, 0.717) is 0 Å². The van der Waals surface area contributed by atoms with Gasteiger partial charge in [-0.1, -0.05) is 39.0 Å². The molecule has 84 valence electrons. The SMILES string of the molecule is CCCCC(Cl)NCC1CCCCC1. The van der Waals surface area contributed by atoms with E-state index in [4.69, 9.17) is 11.6 Å². The molecule has 0 spiro atoms. The first-order chi connectivity index (χ1) is 6.83. The highest BCUT2D eigenvalue weighted by Gasteiger charge is 2.14. The van der Waals surface area contributed by atoms with E-state index in [9.17, 15) is 0 Å². The van der Waals surface area contributed by atoms with Gasteiger partial charge in [-0.25, -0.2) is 0 Å². The van der Waals surface area contributed by atoms with Gasteiger partial charge in [0.15, 0.2) is 0 Å². The lowest BCUT2D eigenvalue weighted by Crippen LogP contribution is -2.30. The van der Waals surface area contributed by atoms with Gasteiger partial charge in [0.1, 0.15) is 0 Å². The van der Waals surface area contributed by atoms with E-state index in [2.05, 4.69) is 12.2 Å². The van der Waals surface area contributed by atoms with Gasteiger partial charge in [0, 0.05) is 0 Å². The van der Waals surface area contributed by atoms with Gasteiger partial charge < -0.3 is 5.32 Å². The molecule has 1 N–H and O–H groups in total. The van der Waals surface area contributed by atoms with Crippen LogP contribution in [0.4, 0.5) is 0 Å². The summed E-state index contributed by atoms with van der Waals surface area (Å²) in [6.07, 6.45) is 10.7. The van der Waals surface area contributed by atoms with E-state index in [-0.39, 0.29) is 5.50 Å². The van der Waals surface area contributed by atoms with Gasteiger partial charge in [0.05, 0.1) is 5.50 Å². The molecule has 1 fully saturated rings. The predicted octanol–water partition coefficient (Wildman–Crippen LogP) is 3.91. The molecule has 0 aromatic carbocycles. The Balaban J connectivity index is 2.00. The average Bonchev–Trinajstić information content (AvgIpc) is 2.25. The van der Waals surface area contributed by atoms with Gasteiger partial charge >= 0.3 is 0 Å². The largest absolute Gasteiger partial charge is 0.301 e. The molecule has 1 unspecified atom stereocenters. The van der Waals surface area contributed by atoms with Crippen molar-refractivity contribution in [2.75, 3.05) is 6.54 Å². The number of alkyl halides is 1. The second-order valence-corrected chi connectivity index (χ2v) is 5.05. The molecule has 0 aliphatic heterocycles. The standard InChI is InChI=1S/C12H24ClN/c1-2-3-9-12(13)14-10-11-7-5-4-6-8-11/h11-12,14H,2-10H2,1H3. The Labute approximate surface area is 93.6 Å². The maximum absolute atomic E-state index is 6.17. The Kier molecular flexibility index (Phi) is 6.63. The summed E-state index contributed by atoms with van der Waals surface area (Å²) in [6, 6.07) is 0. The molecule has 0 aromatic rings. The predicted molar refractivity (Wildman–Crippen MR) is 63.7 cm³/mol. The molecule has 0 radical (unpaired) electrons. The Morgan fingerprint density at radius 1 is 1.29 bits per heavy atom. The van der Waals surface area contributed by atoms with Crippen LogP contribution in [0, 0.1) is 5.92 Å².